The molecule has 3 heteroatoms. The Balaban J connectivity index is 1.90. The number of aromatic nitrogens is 1. The van der Waals surface area contributed by atoms with Gasteiger partial charge in [-0.3, -0.25) is 9.78 Å². The number of benzene rings is 1. The van der Waals surface area contributed by atoms with E-state index >= 15 is 0 Å². The number of amides is 1. The number of hydrogen-bond donors (Lipinski definition) is 1. The second-order valence-electron chi connectivity index (χ2n) is 5.64. The van der Waals surface area contributed by atoms with Crippen LogP contribution in [-0.4, -0.2) is 16.9 Å². The van der Waals surface area contributed by atoms with Crippen molar-refractivity contribution in [1.29, 1.82) is 0 Å². The standard InChI is InChI=1S/C17H20N2O/c1-12-11-15(14-9-5-6-10-16(14)18-12)17(20)19-13-7-3-2-4-8-13/h5-6,9-11,13H,2-4,7-8H2,1H3,(H,19,20). The first-order valence-corrected chi connectivity index (χ1v) is 7.41. The smallest absolute Gasteiger partial charge is 0.252 e. The summed E-state index contributed by atoms with van der Waals surface area (Å²) in [6.07, 6.45) is 5.95. The second-order valence-corrected chi connectivity index (χ2v) is 5.64. The van der Waals surface area contributed by atoms with Crippen molar-refractivity contribution >= 4 is 16.8 Å². The van der Waals surface area contributed by atoms with Crippen LogP contribution < -0.4 is 5.32 Å². The molecule has 1 heterocycles. The lowest BCUT2D eigenvalue weighted by Crippen LogP contribution is -2.36. The molecule has 1 aliphatic rings. The van der Waals surface area contributed by atoms with Gasteiger partial charge in [0.25, 0.3) is 5.91 Å². The number of nitrogens with one attached hydrogen (secondary N) is 1. The maximum absolute atomic E-state index is 12.5. The fourth-order valence-electron chi connectivity index (χ4n) is 3.01. The van der Waals surface area contributed by atoms with Crippen LogP contribution in [0, 0.1) is 6.92 Å². The fourth-order valence-corrected chi connectivity index (χ4v) is 3.01. The van der Waals surface area contributed by atoms with Crippen molar-refractivity contribution in [2.24, 2.45) is 0 Å². The number of hydrogen-bond acceptors (Lipinski definition) is 2. The molecule has 1 N–H and O–H groups in total. The van der Waals surface area contributed by atoms with Gasteiger partial charge in [-0.1, -0.05) is 37.5 Å². The lowest BCUT2D eigenvalue weighted by Gasteiger charge is -2.23. The van der Waals surface area contributed by atoms with E-state index in [0.29, 0.717) is 6.04 Å². The average molecular weight is 268 g/mol. The van der Waals surface area contributed by atoms with Crippen molar-refractivity contribution in [2.45, 2.75) is 45.1 Å². The Hall–Kier alpha value is -1.90. The molecule has 3 rings (SSSR count). The Morgan fingerprint density at radius 1 is 1.20 bits per heavy atom. The zero-order valence-electron chi connectivity index (χ0n) is 11.9. The predicted octanol–water partition coefficient (Wildman–Crippen LogP) is 3.61. The van der Waals surface area contributed by atoms with Gasteiger partial charge in [0, 0.05) is 17.1 Å². The minimum atomic E-state index is 0.0404. The van der Waals surface area contributed by atoms with Crippen LogP contribution >= 0.6 is 0 Å². The van der Waals surface area contributed by atoms with Gasteiger partial charge in [0.15, 0.2) is 0 Å². The quantitative estimate of drug-likeness (QED) is 0.904. The number of nitrogens with zero attached hydrogens (tertiary/aromatic N) is 1. The van der Waals surface area contributed by atoms with Gasteiger partial charge in [-0.15, -0.1) is 0 Å². The summed E-state index contributed by atoms with van der Waals surface area (Å²) >= 11 is 0. The average Bonchev–Trinajstić information content (AvgIpc) is 2.47. The topological polar surface area (TPSA) is 42.0 Å². The van der Waals surface area contributed by atoms with E-state index < -0.39 is 0 Å². The number of para-hydroxylation sites is 1. The number of carbonyl (C=O) groups is 1. The molecule has 1 saturated carbocycles. The highest BCUT2D eigenvalue weighted by Gasteiger charge is 2.18. The van der Waals surface area contributed by atoms with Crippen LogP contribution in [0.25, 0.3) is 10.9 Å². The molecule has 1 aliphatic carbocycles. The minimum Gasteiger partial charge on any atom is -0.349 e. The van der Waals surface area contributed by atoms with Crippen LogP contribution in [0.4, 0.5) is 0 Å². The van der Waals surface area contributed by atoms with Crippen molar-refractivity contribution in [2.75, 3.05) is 0 Å². The summed E-state index contributed by atoms with van der Waals surface area (Å²) in [7, 11) is 0. The lowest BCUT2D eigenvalue weighted by atomic mass is 9.95. The van der Waals surface area contributed by atoms with Crippen molar-refractivity contribution in [3.05, 3.63) is 41.6 Å². The second kappa shape index (κ2) is 5.61. The normalized spacial score (nSPS) is 16.2. The third-order valence-corrected chi connectivity index (χ3v) is 4.03. The van der Waals surface area contributed by atoms with Gasteiger partial charge in [0.1, 0.15) is 0 Å². The fraction of sp³-hybridized carbons (Fsp3) is 0.412. The van der Waals surface area contributed by atoms with Crippen molar-refractivity contribution < 1.29 is 4.79 Å². The number of rotatable bonds is 2. The molecule has 0 aliphatic heterocycles. The molecule has 0 bridgehead atoms. The van der Waals surface area contributed by atoms with Crippen molar-refractivity contribution in [3.8, 4) is 0 Å². The van der Waals surface area contributed by atoms with Crippen LogP contribution in [-0.2, 0) is 0 Å². The highest BCUT2D eigenvalue weighted by Crippen LogP contribution is 2.21. The van der Waals surface area contributed by atoms with E-state index in [1.165, 1.54) is 19.3 Å². The van der Waals surface area contributed by atoms with Gasteiger partial charge >= 0.3 is 0 Å². The van der Waals surface area contributed by atoms with E-state index in [2.05, 4.69) is 10.3 Å². The van der Waals surface area contributed by atoms with Gasteiger partial charge in [0.2, 0.25) is 0 Å². The monoisotopic (exact) mass is 268 g/mol. The van der Waals surface area contributed by atoms with Crippen LogP contribution in [0.5, 0.6) is 0 Å². The third kappa shape index (κ3) is 2.67. The Bertz CT molecular complexity index is 630. The molecule has 0 radical (unpaired) electrons. The Morgan fingerprint density at radius 2 is 1.95 bits per heavy atom. The molecule has 0 atom stereocenters. The minimum absolute atomic E-state index is 0.0404. The van der Waals surface area contributed by atoms with Crippen LogP contribution in [0.1, 0.15) is 48.2 Å². The van der Waals surface area contributed by atoms with E-state index in [0.717, 1.165) is 35.0 Å². The van der Waals surface area contributed by atoms with E-state index in [1.807, 2.05) is 37.3 Å². The SMILES string of the molecule is Cc1cc(C(=O)NC2CCCCC2)c2ccccc2n1. The van der Waals surface area contributed by atoms with Crippen LogP contribution in [0.2, 0.25) is 0 Å². The highest BCUT2D eigenvalue weighted by atomic mass is 16.1. The molecule has 1 amide bonds. The van der Waals surface area contributed by atoms with E-state index in [9.17, 15) is 4.79 Å². The zero-order chi connectivity index (χ0) is 13.9. The Labute approximate surface area is 119 Å². The first-order chi connectivity index (χ1) is 9.74. The summed E-state index contributed by atoms with van der Waals surface area (Å²) < 4.78 is 0. The highest BCUT2D eigenvalue weighted by molar-refractivity contribution is 6.06. The molecule has 1 aromatic carbocycles. The molecule has 1 aromatic heterocycles. The van der Waals surface area contributed by atoms with Crippen molar-refractivity contribution in [1.82, 2.24) is 10.3 Å². The summed E-state index contributed by atoms with van der Waals surface area (Å²) in [5.74, 6) is 0.0404. The summed E-state index contributed by atoms with van der Waals surface area (Å²) in [6, 6.07) is 10.1. The molecule has 1 fully saturated rings. The molecule has 2 aromatic rings. The number of pyridine rings is 1. The molecular weight excluding hydrogens is 248 g/mol. The lowest BCUT2D eigenvalue weighted by molar-refractivity contribution is 0.0929. The number of aryl methyl sites for hydroxylation is 1. The molecule has 3 nitrogen and oxygen atoms in total. The molecule has 0 saturated heterocycles. The van der Waals surface area contributed by atoms with Crippen LogP contribution in [0.15, 0.2) is 30.3 Å². The summed E-state index contributed by atoms with van der Waals surface area (Å²) in [4.78, 5) is 17.0. The van der Waals surface area contributed by atoms with E-state index in [4.69, 9.17) is 0 Å². The molecule has 0 unspecified atom stereocenters. The molecule has 20 heavy (non-hydrogen) atoms. The largest absolute Gasteiger partial charge is 0.349 e. The predicted molar refractivity (Wildman–Crippen MR) is 80.8 cm³/mol. The Morgan fingerprint density at radius 3 is 2.75 bits per heavy atom. The van der Waals surface area contributed by atoms with Crippen molar-refractivity contribution in [3.63, 3.8) is 0 Å². The van der Waals surface area contributed by atoms with E-state index in [1.54, 1.807) is 0 Å². The van der Waals surface area contributed by atoms with Gasteiger partial charge in [-0.05, 0) is 31.9 Å². The van der Waals surface area contributed by atoms with Gasteiger partial charge < -0.3 is 5.32 Å². The maximum Gasteiger partial charge on any atom is 0.252 e. The zero-order valence-corrected chi connectivity index (χ0v) is 11.9. The van der Waals surface area contributed by atoms with E-state index in [-0.39, 0.29) is 5.91 Å². The summed E-state index contributed by atoms with van der Waals surface area (Å²) in [5, 5.41) is 4.12. The van der Waals surface area contributed by atoms with Gasteiger partial charge in [0.05, 0.1) is 11.1 Å². The molecular formula is C17H20N2O. The number of carbonyl (C=O) groups excluding carboxylic acids is 1. The maximum atomic E-state index is 12.5. The van der Waals surface area contributed by atoms with Gasteiger partial charge in [-0.2, -0.15) is 0 Å². The summed E-state index contributed by atoms with van der Waals surface area (Å²) in [6.45, 7) is 1.93. The van der Waals surface area contributed by atoms with Gasteiger partial charge in [-0.25, -0.2) is 0 Å². The Kier molecular flexibility index (Phi) is 3.68. The third-order valence-electron chi connectivity index (χ3n) is 4.03. The molecule has 104 valence electrons. The summed E-state index contributed by atoms with van der Waals surface area (Å²) in [5.41, 5.74) is 2.53. The number of fused-ring (bicyclic) bond motifs is 1. The molecule has 0 spiro atoms. The first-order valence-electron chi connectivity index (χ1n) is 7.41. The first kappa shape index (κ1) is 13.1. The van der Waals surface area contributed by atoms with Crippen LogP contribution in [0.3, 0.4) is 0 Å².